The standard InChI is InChI=1S/C13H12N4O/c1-17-13(14)11(9-4-6-15-7-5-9)12(16-17)10-3-2-8-18-10/h2-8H,14H2,1H3. The van der Waals surface area contributed by atoms with Gasteiger partial charge in [0.1, 0.15) is 11.5 Å². The first-order valence-corrected chi connectivity index (χ1v) is 5.54. The Morgan fingerprint density at radius 2 is 2.00 bits per heavy atom. The second-order valence-corrected chi connectivity index (χ2v) is 3.95. The maximum atomic E-state index is 6.08. The van der Waals surface area contributed by atoms with E-state index in [-0.39, 0.29) is 0 Å². The molecule has 0 atom stereocenters. The molecule has 0 aliphatic heterocycles. The highest BCUT2D eigenvalue weighted by Crippen LogP contribution is 2.35. The lowest BCUT2D eigenvalue weighted by molar-refractivity contribution is 0.578. The predicted molar refractivity (Wildman–Crippen MR) is 68.6 cm³/mol. The van der Waals surface area contributed by atoms with E-state index in [1.807, 2.05) is 31.3 Å². The molecule has 0 fully saturated rings. The summed E-state index contributed by atoms with van der Waals surface area (Å²) >= 11 is 0. The van der Waals surface area contributed by atoms with Gasteiger partial charge in [-0.3, -0.25) is 9.67 Å². The Balaban J connectivity index is 2.26. The zero-order valence-electron chi connectivity index (χ0n) is 9.87. The van der Waals surface area contributed by atoms with Crippen LogP contribution in [0.1, 0.15) is 0 Å². The first kappa shape index (κ1) is 10.6. The van der Waals surface area contributed by atoms with Gasteiger partial charge in [0, 0.05) is 19.4 Å². The third-order valence-corrected chi connectivity index (χ3v) is 2.82. The first-order chi connectivity index (χ1) is 8.77. The molecule has 18 heavy (non-hydrogen) atoms. The Hall–Kier alpha value is -2.56. The van der Waals surface area contributed by atoms with Crippen molar-refractivity contribution in [3.05, 3.63) is 42.9 Å². The quantitative estimate of drug-likeness (QED) is 0.746. The number of aromatic nitrogens is 3. The minimum atomic E-state index is 0.604. The van der Waals surface area contributed by atoms with Gasteiger partial charge in [0.15, 0.2) is 5.76 Å². The van der Waals surface area contributed by atoms with E-state index in [0.717, 1.165) is 16.8 Å². The monoisotopic (exact) mass is 240 g/mol. The van der Waals surface area contributed by atoms with Crippen molar-refractivity contribution in [2.24, 2.45) is 7.05 Å². The van der Waals surface area contributed by atoms with Gasteiger partial charge in [0.25, 0.3) is 0 Å². The SMILES string of the molecule is Cn1nc(-c2ccco2)c(-c2ccncc2)c1N. The number of rotatable bonds is 2. The van der Waals surface area contributed by atoms with E-state index in [1.54, 1.807) is 23.3 Å². The van der Waals surface area contributed by atoms with Crippen LogP contribution in [0.3, 0.4) is 0 Å². The van der Waals surface area contributed by atoms with Crippen LogP contribution in [0, 0.1) is 0 Å². The molecule has 2 N–H and O–H groups in total. The molecule has 0 spiro atoms. The van der Waals surface area contributed by atoms with E-state index < -0.39 is 0 Å². The average Bonchev–Trinajstić information content (AvgIpc) is 3.00. The van der Waals surface area contributed by atoms with Gasteiger partial charge < -0.3 is 10.2 Å². The van der Waals surface area contributed by atoms with Gasteiger partial charge >= 0.3 is 0 Å². The van der Waals surface area contributed by atoms with Crippen LogP contribution in [-0.2, 0) is 7.05 Å². The molecule has 0 saturated heterocycles. The molecular formula is C13H12N4O. The lowest BCUT2D eigenvalue weighted by Crippen LogP contribution is -1.97. The van der Waals surface area contributed by atoms with E-state index in [0.29, 0.717) is 11.6 Å². The van der Waals surface area contributed by atoms with Crippen molar-refractivity contribution in [1.29, 1.82) is 0 Å². The lowest BCUT2D eigenvalue weighted by atomic mass is 10.1. The summed E-state index contributed by atoms with van der Waals surface area (Å²) < 4.78 is 7.05. The van der Waals surface area contributed by atoms with Crippen molar-refractivity contribution in [3.8, 4) is 22.6 Å². The summed E-state index contributed by atoms with van der Waals surface area (Å²) in [6, 6.07) is 7.50. The number of hydrogen-bond donors (Lipinski definition) is 1. The van der Waals surface area contributed by atoms with Gasteiger partial charge in [-0.1, -0.05) is 0 Å². The number of aryl methyl sites for hydroxylation is 1. The number of pyridine rings is 1. The molecule has 5 nitrogen and oxygen atoms in total. The molecule has 0 aromatic carbocycles. The largest absolute Gasteiger partial charge is 0.463 e. The Morgan fingerprint density at radius 3 is 2.67 bits per heavy atom. The topological polar surface area (TPSA) is 69.9 Å². The van der Waals surface area contributed by atoms with Crippen molar-refractivity contribution < 1.29 is 4.42 Å². The molecule has 0 aliphatic rings. The van der Waals surface area contributed by atoms with Crippen molar-refractivity contribution in [3.63, 3.8) is 0 Å². The molecule has 5 heteroatoms. The lowest BCUT2D eigenvalue weighted by Gasteiger charge is -2.01. The third-order valence-electron chi connectivity index (χ3n) is 2.82. The number of furan rings is 1. The van der Waals surface area contributed by atoms with Crippen LogP contribution in [-0.4, -0.2) is 14.8 Å². The number of nitrogens with two attached hydrogens (primary N) is 1. The highest BCUT2D eigenvalue weighted by atomic mass is 16.3. The Morgan fingerprint density at radius 1 is 1.22 bits per heavy atom. The molecule has 90 valence electrons. The fourth-order valence-corrected chi connectivity index (χ4v) is 1.93. The molecular weight excluding hydrogens is 228 g/mol. The van der Waals surface area contributed by atoms with E-state index in [4.69, 9.17) is 10.2 Å². The Bertz CT molecular complexity index is 656. The van der Waals surface area contributed by atoms with Gasteiger partial charge in [-0.25, -0.2) is 0 Å². The molecule has 3 heterocycles. The molecule has 3 aromatic heterocycles. The predicted octanol–water partition coefficient (Wildman–Crippen LogP) is 2.32. The fraction of sp³-hybridized carbons (Fsp3) is 0.0769. The minimum Gasteiger partial charge on any atom is -0.463 e. The van der Waals surface area contributed by atoms with Crippen molar-refractivity contribution >= 4 is 5.82 Å². The summed E-state index contributed by atoms with van der Waals surface area (Å²) in [6.07, 6.45) is 5.08. The summed E-state index contributed by atoms with van der Waals surface area (Å²) in [6.45, 7) is 0. The van der Waals surface area contributed by atoms with Crippen LogP contribution in [0.4, 0.5) is 5.82 Å². The normalized spacial score (nSPS) is 10.7. The van der Waals surface area contributed by atoms with Crippen LogP contribution < -0.4 is 5.73 Å². The van der Waals surface area contributed by atoms with E-state index in [1.165, 1.54) is 0 Å². The van der Waals surface area contributed by atoms with Gasteiger partial charge in [-0.15, -0.1) is 0 Å². The maximum Gasteiger partial charge on any atom is 0.154 e. The van der Waals surface area contributed by atoms with Crippen LogP contribution in [0.25, 0.3) is 22.6 Å². The van der Waals surface area contributed by atoms with Crippen LogP contribution in [0.5, 0.6) is 0 Å². The van der Waals surface area contributed by atoms with Gasteiger partial charge in [0.2, 0.25) is 0 Å². The third kappa shape index (κ3) is 1.57. The summed E-state index contributed by atoms with van der Waals surface area (Å²) in [4.78, 5) is 4.01. The number of anilines is 1. The number of hydrogen-bond acceptors (Lipinski definition) is 4. The smallest absolute Gasteiger partial charge is 0.154 e. The molecule has 0 amide bonds. The van der Waals surface area contributed by atoms with Crippen LogP contribution in [0.15, 0.2) is 47.3 Å². The molecule has 0 saturated carbocycles. The second-order valence-electron chi connectivity index (χ2n) is 3.95. The highest BCUT2D eigenvalue weighted by molar-refractivity contribution is 5.86. The first-order valence-electron chi connectivity index (χ1n) is 5.54. The zero-order valence-corrected chi connectivity index (χ0v) is 9.87. The molecule has 0 unspecified atom stereocenters. The summed E-state index contributed by atoms with van der Waals surface area (Å²) in [5.74, 6) is 1.31. The van der Waals surface area contributed by atoms with Gasteiger partial charge in [-0.05, 0) is 29.8 Å². The second kappa shape index (κ2) is 4.03. The highest BCUT2D eigenvalue weighted by Gasteiger charge is 2.18. The van der Waals surface area contributed by atoms with Crippen molar-refractivity contribution in [2.45, 2.75) is 0 Å². The van der Waals surface area contributed by atoms with E-state index in [2.05, 4.69) is 10.1 Å². The minimum absolute atomic E-state index is 0.604. The zero-order chi connectivity index (χ0) is 12.5. The molecule has 3 aromatic rings. The van der Waals surface area contributed by atoms with E-state index >= 15 is 0 Å². The van der Waals surface area contributed by atoms with Crippen LogP contribution in [0.2, 0.25) is 0 Å². The summed E-state index contributed by atoms with van der Waals surface area (Å²) in [5.41, 5.74) is 8.67. The fourth-order valence-electron chi connectivity index (χ4n) is 1.93. The Kier molecular flexibility index (Phi) is 2.37. The number of nitrogens with zero attached hydrogens (tertiary/aromatic N) is 3. The van der Waals surface area contributed by atoms with Crippen LogP contribution >= 0.6 is 0 Å². The number of nitrogen functional groups attached to an aromatic ring is 1. The molecule has 0 radical (unpaired) electrons. The van der Waals surface area contributed by atoms with E-state index in [9.17, 15) is 0 Å². The maximum absolute atomic E-state index is 6.08. The van der Waals surface area contributed by atoms with Crippen molar-refractivity contribution in [1.82, 2.24) is 14.8 Å². The Labute approximate surface area is 104 Å². The summed E-state index contributed by atoms with van der Waals surface area (Å²) in [7, 11) is 1.81. The van der Waals surface area contributed by atoms with Gasteiger partial charge in [-0.2, -0.15) is 5.10 Å². The summed E-state index contributed by atoms with van der Waals surface area (Å²) in [5, 5.41) is 4.41. The van der Waals surface area contributed by atoms with Crippen molar-refractivity contribution in [2.75, 3.05) is 5.73 Å². The molecule has 3 rings (SSSR count). The average molecular weight is 240 g/mol. The van der Waals surface area contributed by atoms with Gasteiger partial charge in [0.05, 0.1) is 11.8 Å². The molecule has 0 aliphatic carbocycles. The molecule has 0 bridgehead atoms.